The molecule has 1 aliphatic heterocycles. The quantitative estimate of drug-likeness (QED) is 0.895. The third-order valence-electron chi connectivity index (χ3n) is 5.31. The van der Waals surface area contributed by atoms with Gasteiger partial charge in [-0.05, 0) is 68.7 Å². The third kappa shape index (κ3) is 3.61. The van der Waals surface area contributed by atoms with Gasteiger partial charge in [0, 0.05) is 24.3 Å². The van der Waals surface area contributed by atoms with Gasteiger partial charge in [0.1, 0.15) is 5.60 Å². The molecule has 2 fully saturated rings. The second-order valence-corrected chi connectivity index (χ2v) is 7.24. The summed E-state index contributed by atoms with van der Waals surface area (Å²) in [6.45, 7) is 3.84. The highest BCUT2D eigenvalue weighted by atomic mass is 16.3. The van der Waals surface area contributed by atoms with E-state index in [0.29, 0.717) is 30.0 Å². The summed E-state index contributed by atoms with van der Waals surface area (Å²) >= 11 is 0. The van der Waals surface area contributed by atoms with Crippen molar-refractivity contribution in [1.82, 2.24) is 4.90 Å². The average molecular weight is 330 g/mol. The Balaban J connectivity index is 1.61. The minimum Gasteiger partial charge on any atom is -0.380 e. The fourth-order valence-electron chi connectivity index (χ4n) is 3.52. The van der Waals surface area contributed by atoms with Crippen LogP contribution in [-0.4, -0.2) is 40.5 Å². The molecule has 0 bridgehead atoms. The van der Waals surface area contributed by atoms with Crippen molar-refractivity contribution in [1.29, 1.82) is 0 Å². The highest BCUT2D eigenvalue weighted by Crippen LogP contribution is 2.30. The fourth-order valence-corrected chi connectivity index (χ4v) is 3.52. The second kappa shape index (κ2) is 6.93. The van der Waals surface area contributed by atoms with Crippen LogP contribution in [0.3, 0.4) is 0 Å². The van der Waals surface area contributed by atoms with Gasteiger partial charge in [-0.15, -0.1) is 0 Å². The van der Waals surface area contributed by atoms with E-state index < -0.39 is 5.60 Å². The number of amides is 2. The number of anilines is 1. The molecule has 5 nitrogen and oxygen atoms in total. The summed E-state index contributed by atoms with van der Waals surface area (Å²) in [7, 11) is 0. The predicted molar refractivity (Wildman–Crippen MR) is 92.8 cm³/mol. The van der Waals surface area contributed by atoms with Crippen LogP contribution in [0, 0.1) is 5.92 Å². The number of hydrogen-bond donors (Lipinski definition) is 2. The summed E-state index contributed by atoms with van der Waals surface area (Å²) in [5.74, 6) is 0.395. The van der Waals surface area contributed by atoms with E-state index in [2.05, 4.69) is 12.2 Å². The molecule has 0 unspecified atom stereocenters. The molecule has 5 heteroatoms. The van der Waals surface area contributed by atoms with E-state index in [1.54, 1.807) is 24.3 Å². The van der Waals surface area contributed by atoms with Crippen molar-refractivity contribution >= 4 is 17.5 Å². The van der Waals surface area contributed by atoms with Gasteiger partial charge >= 0.3 is 0 Å². The standard InChI is InChI=1S/C19H26N2O3/c1-14-8-12-21(13-9-14)17(22)15-4-6-16(7-5-15)20-18(23)19(24)10-2-3-11-19/h4-7,14,24H,2-3,8-13H2,1H3,(H,20,23). The summed E-state index contributed by atoms with van der Waals surface area (Å²) in [6, 6.07) is 6.95. The van der Waals surface area contributed by atoms with E-state index in [0.717, 1.165) is 38.8 Å². The first-order chi connectivity index (χ1) is 11.5. The number of rotatable bonds is 3. The van der Waals surface area contributed by atoms with Crippen LogP contribution in [0.5, 0.6) is 0 Å². The van der Waals surface area contributed by atoms with Gasteiger partial charge in [-0.3, -0.25) is 9.59 Å². The van der Waals surface area contributed by atoms with Crippen molar-refractivity contribution < 1.29 is 14.7 Å². The van der Waals surface area contributed by atoms with Crippen molar-refractivity contribution in [2.24, 2.45) is 5.92 Å². The highest BCUT2D eigenvalue weighted by Gasteiger charge is 2.38. The fraction of sp³-hybridized carbons (Fsp3) is 0.579. The van der Waals surface area contributed by atoms with Crippen LogP contribution in [0.15, 0.2) is 24.3 Å². The number of hydrogen-bond acceptors (Lipinski definition) is 3. The first-order valence-corrected chi connectivity index (χ1v) is 8.91. The molecule has 3 rings (SSSR count). The Labute approximate surface area is 143 Å². The molecule has 130 valence electrons. The Morgan fingerprint density at radius 1 is 1.12 bits per heavy atom. The number of piperidine rings is 1. The number of nitrogens with zero attached hydrogens (tertiary/aromatic N) is 1. The zero-order valence-electron chi connectivity index (χ0n) is 14.3. The number of nitrogens with one attached hydrogen (secondary N) is 1. The maximum atomic E-state index is 12.5. The number of aliphatic hydroxyl groups is 1. The molecule has 1 saturated heterocycles. The van der Waals surface area contributed by atoms with Crippen molar-refractivity contribution in [3.8, 4) is 0 Å². The second-order valence-electron chi connectivity index (χ2n) is 7.24. The van der Waals surface area contributed by atoms with E-state index in [9.17, 15) is 14.7 Å². The topological polar surface area (TPSA) is 69.6 Å². The normalized spacial score (nSPS) is 20.8. The average Bonchev–Trinajstić information content (AvgIpc) is 3.04. The summed E-state index contributed by atoms with van der Waals surface area (Å²) in [6.07, 6.45) is 4.90. The van der Waals surface area contributed by atoms with Crippen LogP contribution in [0.1, 0.15) is 55.8 Å². The Hall–Kier alpha value is -1.88. The lowest BCUT2D eigenvalue weighted by molar-refractivity contribution is -0.133. The van der Waals surface area contributed by atoms with Crippen LogP contribution >= 0.6 is 0 Å². The number of benzene rings is 1. The molecule has 1 saturated carbocycles. The Morgan fingerprint density at radius 2 is 1.71 bits per heavy atom. The lowest BCUT2D eigenvalue weighted by Crippen LogP contribution is -2.40. The van der Waals surface area contributed by atoms with Gasteiger partial charge in [0.05, 0.1) is 0 Å². The molecule has 0 aromatic heterocycles. The van der Waals surface area contributed by atoms with Gasteiger partial charge in [0.25, 0.3) is 11.8 Å². The van der Waals surface area contributed by atoms with E-state index >= 15 is 0 Å². The van der Waals surface area contributed by atoms with Gasteiger partial charge in [-0.2, -0.15) is 0 Å². The molecule has 2 amide bonds. The van der Waals surface area contributed by atoms with Crippen molar-refractivity contribution in [2.45, 2.75) is 51.0 Å². The van der Waals surface area contributed by atoms with Crippen molar-refractivity contribution in [3.05, 3.63) is 29.8 Å². The highest BCUT2D eigenvalue weighted by molar-refractivity contribution is 5.98. The van der Waals surface area contributed by atoms with Gasteiger partial charge in [0.15, 0.2) is 0 Å². The molecular weight excluding hydrogens is 304 g/mol. The minimum atomic E-state index is -1.24. The number of likely N-dealkylation sites (tertiary alicyclic amines) is 1. The SMILES string of the molecule is CC1CCN(C(=O)c2ccc(NC(=O)C3(O)CCCC3)cc2)CC1. The van der Waals surface area contributed by atoms with E-state index in [1.807, 2.05) is 4.90 Å². The zero-order chi connectivity index (χ0) is 17.2. The van der Waals surface area contributed by atoms with Crippen LogP contribution in [0.4, 0.5) is 5.69 Å². The Morgan fingerprint density at radius 3 is 2.29 bits per heavy atom. The monoisotopic (exact) mass is 330 g/mol. The molecule has 2 aliphatic rings. The molecular formula is C19H26N2O3. The van der Waals surface area contributed by atoms with Crippen molar-refractivity contribution in [3.63, 3.8) is 0 Å². The van der Waals surface area contributed by atoms with Gasteiger partial charge in [0.2, 0.25) is 0 Å². The molecule has 0 atom stereocenters. The number of carbonyl (C=O) groups excluding carboxylic acids is 2. The third-order valence-corrected chi connectivity index (χ3v) is 5.31. The number of carbonyl (C=O) groups is 2. The summed E-state index contributed by atoms with van der Waals surface area (Å²) in [5, 5.41) is 13.0. The smallest absolute Gasteiger partial charge is 0.256 e. The zero-order valence-corrected chi connectivity index (χ0v) is 14.3. The molecule has 0 spiro atoms. The van der Waals surface area contributed by atoms with E-state index in [1.165, 1.54) is 0 Å². The van der Waals surface area contributed by atoms with Crippen molar-refractivity contribution in [2.75, 3.05) is 18.4 Å². The first kappa shape index (κ1) is 17.0. The van der Waals surface area contributed by atoms with Crippen LogP contribution in [-0.2, 0) is 4.79 Å². The molecule has 1 heterocycles. The maximum Gasteiger partial charge on any atom is 0.256 e. The molecule has 0 radical (unpaired) electrons. The molecule has 24 heavy (non-hydrogen) atoms. The lowest BCUT2D eigenvalue weighted by atomic mass is 9.98. The van der Waals surface area contributed by atoms with Crippen LogP contribution in [0.2, 0.25) is 0 Å². The maximum absolute atomic E-state index is 12.5. The van der Waals surface area contributed by atoms with Crippen LogP contribution < -0.4 is 5.32 Å². The molecule has 2 N–H and O–H groups in total. The van der Waals surface area contributed by atoms with Gasteiger partial charge in [-0.25, -0.2) is 0 Å². The van der Waals surface area contributed by atoms with Gasteiger partial charge in [-0.1, -0.05) is 6.92 Å². The summed E-state index contributed by atoms with van der Waals surface area (Å²) < 4.78 is 0. The molecule has 1 aliphatic carbocycles. The van der Waals surface area contributed by atoms with Crippen LogP contribution in [0.25, 0.3) is 0 Å². The summed E-state index contributed by atoms with van der Waals surface area (Å²) in [4.78, 5) is 26.6. The molecule has 1 aromatic carbocycles. The predicted octanol–water partition coefficient (Wildman–Crippen LogP) is 2.80. The largest absolute Gasteiger partial charge is 0.380 e. The Kier molecular flexibility index (Phi) is 4.90. The molecule has 1 aromatic rings. The van der Waals surface area contributed by atoms with Gasteiger partial charge < -0.3 is 15.3 Å². The first-order valence-electron chi connectivity index (χ1n) is 8.91. The van der Waals surface area contributed by atoms with E-state index in [4.69, 9.17) is 0 Å². The minimum absolute atomic E-state index is 0.0502. The van der Waals surface area contributed by atoms with E-state index in [-0.39, 0.29) is 11.8 Å². The lowest BCUT2D eigenvalue weighted by Gasteiger charge is -2.30. The summed E-state index contributed by atoms with van der Waals surface area (Å²) in [5.41, 5.74) is 0.0187. The Bertz CT molecular complexity index is 598.